The number of pyridine rings is 2. The van der Waals surface area contributed by atoms with E-state index < -0.39 is 29.0 Å². The number of nitrogens with one attached hydrogen (secondary N) is 2. The highest BCUT2D eigenvalue weighted by molar-refractivity contribution is 6.05. The molecule has 0 saturated carbocycles. The fourth-order valence-electron chi connectivity index (χ4n) is 2.80. The standard InChI is InChI=1S/C21H13F3N4O/c22-14-6-7-15(19(24)18(14)23)28-21(29)13-8-10-25-17(11-13)27-16-5-1-3-12-4-2-9-26-20(12)16/h1-11H,(H,25,27)(H,28,29). The molecule has 0 radical (unpaired) electrons. The van der Waals surface area contributed by atoms with Gasteiger partial charge in [0.05, 0.1) is 16.9 Å². The van der Waals surface area contributed by atoms with Crippen molar-refractivity contribution < 1.29 is 18.0 Å². The van der Waals surface area contributed by atoms with Crippen LogP contribution in [0.25, 0.3) is 10.9 Å². The van der Waals surface area contributed by atoms with Crippen molar-refractivity contribution in [2.45, 2.75) is 0 Å². The summed E-state index contributed by atoms with van der Waals surface area (Å²) in [5, 5.41) is 6.25. The lowest BCUT2D eigenvalue weighted by molar-refractivity contribution is 0.102. The normalized spacial score (nSPS) is 10.7. The second-order valence-corrected chi connectivity index (χ2v) is 6.11. The number of rotatable bonds is 4. The fraction of sp³-hybridized carbons (Fsp3) is 0. The second kappa shape index (κ2) is 7.59. The van der Waals surface area contributed by atoms with E-state index in [1.54, 1.807) is 6.20 Å². The molecule has 5 nitrogen and oxygen atoms in total. The van der Waals surface area contributed by atoms with E-state index in [-0.39, 0.29) is 5.56 Å². The number of hydrogen-bond donors (Lipinski definition) is 2. The Kier molecular flexibility index (Phi) is 4.82. The van der Waals surface area contributed by atoms with Gasteiger partial charge in [-0.25, -0.2) is 18.2 Å². The summed E-state index contributed by atoms with van der Waals surface area (Å²) in [6.45, 7) is 0. The van der Waals surface area contributed by atoms with Crippen molar-refractivity contribution in [2.75, 3.05) is 10.6 Å². The third-order valence-corrected chi connectivity index (χ3v) is 4.20. The SMILES string of the molecule is O=C(Nc1ccc(F)c(F)c1F)c1ccnc(Nc2cccc3cccnc23)c1. The third kappa shape index (κ3) is 3.73. The maximum atomic E-state index is 13.8. The molecule has 0 spiro atoms. The molecule has 2 N–H and O–H groups in total. The van der Waals surface area contributed by atoms with Crippen molar-refractivity contribution in [1.82, 2.24) is 9.97 Å². The molecule has 1 amide bonds. The number of benzene rings is 2. The van der Waals surface area contributed by atoms with Crippen molar-refractivity contribution in [3.63, 3.8) is 0 Å². The molecule has 0 saturated heterocycles. The van der Waals surface area contributed by atoms with Crippen LogP contribution in [-0.4, -0.2) is 15.9 Å². The van der Waals surface area contributed by atoms with Crippen LogP contribution in [-0.2, 0) is 0 Å². The Labute approximate surface area is 163 Å². The average molecular weight is 394 g/mol. The molecule has 0 aliphatic carbocycles. The molecular weight excluding hydrogens is 381 g/mol. The molecule has 0 aliphatic heterocycles. The zero-order valence-electron chi connectivity index (χ0n) is 14.8. The summed E-state index contributed by atoms with van der Waals surface area (Å²) >= 11 is 0. The summed E-state index contributed by atoms with van der Waals surface area (Å²) in [5.41, 5.74) is 1.12. The predicted molar refractivity (Wildman–Crippen MR) is 104 cm³/mol. The third-order valence-electron chi connectivity index (χ3n) is 4.20. The number of nitrogens with zero attached hydrogens (tertiary/aromatic N) is 2. The Morgan fingerprint density at radius 2 is 1.66 bits per heavy atom. The average Bonchev–Trinajstić information content (AvgIpc) is 2.74. The van der Waals surface area contributed by atoms with Crippen molar-refractivity contribution in [1.29, 1.82) is 0 Å². The molecule has 0 fully saturated rings. The molecule has 0 atom stereocenters. The molecule has 0 unspecified atom stereocenters. The first kappa shape index (κ1) is 18.4. The fourth-order valence-corrected chi connectivity index (χ4v) is 2.80. The first-order chi connectivity index (χ1) is 14.0. The van der Waals surface area contributed by atoms with Gasteiger partial charge in [-0.3, -0.25) is 9.78 Å². The van der Waals surface area contributed by atoms with Crippen molar-refractivity contribution in [3.8, 4) is 0 Å². The minimum atomic E-state index is -1.65. The van der Waals surface area contributed by atoms with E-state index >= 15 is 0 Å². The van der Waals surface area contributed by atoms with E-state index in [1.807, 2.05) is 30.3 Å². The van der Waals surface area contributed by atoms with Crippen LogP contribution in [0.2, 0.25) is 0 Å². The highest BCUT2D eigenvalue weighted by Crippen LogP contribution is 2.24. The van der Waals surface area contributed by atoms with Crippen LogP contribution in [0.3, 0.4) is 0 Å². The highest BCUT2D eigenvalue weighted by Gasteiger charge is 2.16. The van der Waals surface area contributed by atoms with E-state index in [2.05, 4.69) is 20.6 Å². The van der Waals surface area contributed by atoms with Crippen LogP contribution >= 0.6 is 0 Å². The van der Waals surface area contributed by atoms with Crippen LogP contribution in [0.15, 0.2) is 67.0 Å². The number of halogens is 3. The summed E-state index contributed by atoms with van der Waals surface area (Å²) in [7, 11) is 0. The Morgan fingerprint density at radius 1 is 0.828 bits per heavy atom. The number of carbonyl (C=O) groups excluding carboxylic acids is 1. The van der Waals surface area contributed by atoms with Gasteiger partial charge in [-0.15, -0.1) is 0 Å². The number of fused-ring (bicyclic) bond motifs is 1. The molecule has 29 heavy (non-hydrogen) atoms. The smallest absolute Gasteiger partial charge is 0.255 e. The zero-order chi connectivity index (χ0) is 20.4. The molecule has 2 aromatic heterocycles. The van der Waals surface area contributed by atoms with Crippen LogP contribution in [0.1, 0.15) is 10.4 Å². The number of carbonyl (C=O) groups is 1. The number of aromatic nitrogens is 2. The van der Waals surface area contributed by atoms with Gasteiger partial charge < -0.3 is 10.6 Å². The molecule has 2 heterocycles. The second-order valence-electron chi connectivity index (χ2n) is 6.11. The van der Waals surface area contributed by atoms with Crippen molar-refractivity contribution >= 4 is 34.0 Å². The van der Waals surface area contributed by atoms with Gasteiger partial charge >= 0.3 is 0 Å². The van der Waals surface area contributed by atoms with Crippen molar-refractivity contribution in [3.05, 3.63) is 90.0 Å². The Balaban J connectivity index is 1.59. The maximum Gasteiger partial charge on any atom is 0.255 e. The summed E-state index contributed by atoms with van der Waals surface area (Å²) in [4.78, 5) is 20.9. The van der Waals surface area contributed by atoms with E-state index in [1.165, 1.54) is 18.3 Å². The Hall–Kier alpha value is -3.94. The van der Waals surface area contributed by atoms with Gasteiger partial charge in [-0.05, 0) is 36.4 Å². The molecule has 8 heteroatoms. The molecule has 4 rings (SSSR count). The molecule has 0 aliphatic rings. The number of hydrogen-bond acceptors (Lipinski definition) is 4. The first-order valence-corrected chi connectivity index (χ1v) is 8.54. The molecular formula is C21H13F3N4O. The van der Waals surface area contributed by atoms with E-state index in [4.69, 9.17) is 0 Å². The highest BCUT2D eigenvalue weighted by atomic mass is 19.2. The van der Waals surface area contributed by atoms with Gasteiger partial charge in [0.2, 0.25) is 0 Å². The monoisotopic (exact) mass is 394 g/mol. The van der Waals surface area contributed by atoms with Gasteiger partial charge in [0.1, 0.15) is 5.82 Å². The first-order valence-electron chi connectivity index (χ1n) is 8.54. The van der Waals surface area contributed by atoms with Crippen LogP contribution in [0.5, 0.6) is 0 Å². The van der Waals surface area contributed by atoms with Crippen LogP contribution in [0.4, 0.5) is 30.4 Å². The summed E-state index contributed by atoms with van der Waals surface area (Å²) in [6, 6.07) is 13.9. The number of para-hydroxylation sites is 1. The van der Waals surface area contributed by atoms with E-state index in [9.17, 15) is 18.0 Å². The van der Waals surface area contributed by atoms with Gasteiger partial charge in [-0.2, -0.15) is 0 Å². The van der Waals surface area contributed by atoms with Crippen LogP contribution < -0.4 is 10.6 Å². The summed E-state index contributed by atoms with van der Waals surface area (Å²) in [5.74, 6) is -4.78. The van der Waals surface area contributed by atoms with Gasteiger partial charge in [0, 0.05) is 23.3 Å². The lowest BCUT2D eigenvalue weighted by atomic mass is 10.2. The Bertz CT molecular complexity index is 1220. The quantitative estimate of drug-likeness (QED) is 0.476. The lowest BCUT2D eigenvalue weighted by Crippen LogP contribution is -2.14. The molecule has 144 valence electrons. The largest absolute Gasteiger partial charge is 0.338 e. The number of anilines is 3. The van der Waals surface area contributed by atoms with E-state index in [0.29, 0.717) is 11.5 Å². The van der Waals surface area contributed by atoms with Gasteiger partial charge in [0.25, 0.3) is 5.91 Å². The van der Waals surface area contributed by atoms with Gasteiger partial charge in [-0.1, -0.05) is 18.2 Å². The molecule has 4 aromatic rings. The minimum Gasteiger partial charge on any atom is -0.338 e. The summed E-state index contributed by atoms with van der Waals surface area (Å²) in [6.07, 6.45) is 3.07. The zero-order valence-corrected chi connectivity index (χ0v) is 14.8. The van der Waals surface area contributed by atoms with E-state index in [0.717, 1.165) is 23.0 Å². The van der Waals surface area contributed by atoms with Crippen molar-refractivity contribution in [2.24, 2.45) is 0 Å². The molecule has 2 aromatic carbocycles. The summed E-state index contributed by atoms with van der Waals surface area (Å²) < 4.78 is 40.2. The van der Waals surface area contributed by atoms with Gasteiger partial charge in [0.15, 0.2) is 17.5 Å². The maximum absolute atomic E-state index is 13.8. The number of amides is 1. The lowest BCUT2D eigenvalue weighted by Gasteiger charge is -2.10. The van der Waals surface area contributed by atoms with Crippen LogP contribution in [0, 0.1) is 17.5 Å². The Morgan fingerprint density at radius 3 is 2.52 bits per heavy atom. The topological polar surface area (TPSA) is 66.9 Å². The predicted octanol–water partition coefficient (Wildman–Crippen LogP) is 5.04. The minimum absolute atomic E-state index is 0.153. The molecule has 0 bridgehead atoms.